The van der Waals surface area contributed by atoms with Gasteiger partial charge < -0.3 is 9.64 Å². The number of fused-ring (bicyclic) bond motifs is 1. The van der Waals surface area contributed by atoms with Crippen LogP contribution in [-0.2, 0) is 9.53 Å². The van der Waals surface area contributed by atoms with Crippen LogP contribution in [0.2, 0.25) is 0 Å². The summed E-state index contributed by atoms with van der Waals surface area (Å²) in [6.07, 6.45) is 4.54. The van der Waals surface area contributed by atoms with E-state index in [9.17, 15) is 4.79 Å². The topological polar surface area (TPSA) is 29.5 Å². The van der Waals surface area contributed by atoms with Crippen LogP contribution >= 0.6 is 0 Å². The minimum Gasteiger partial charge on any atom is -0.354 e. The molecule has 1 unspecified atom stereocenters. The van der Waals surface area contributed by atoms with Gasteiger partial charge in [-0.25, -0.2) is 0 Å². The Morgan fingerprint density at radius 3 is 2.94 bits per heavy atom. The predicted molar refractivity (Wildman–Crippen MR) is 67.4 cm³/mol. The van der Waals surface area contributed by atoms with Crippen LogP contribution < -0.4 is 0 Å². The van der Waals surface area contributed by atoms with Crippen molar-refractivity contribution in [3.63, 3.8) is 0 Å². The van der Waals surface area contributed by atoms with Gasteiger partial charge >= 0.3 is 0 Å². The van der Waals surface area contributed by atoms with Crippen LogP contribution in [0.15, 0.2) is 12.7 Å². The molecule has 3 heteroatoms. The van der Waals surface area contributed by atoms with Gasteiger partial charge in [0.1, 0.15) is 5.72 Å². The molecule has 0 saturated carbocycles. The van der Waals surface area contributed by atoms with Crippen LogP contribution in [0, 0.1) is 11.8 Å². The molecule has 2 fully saturated rings. The lowest BCUT2D eigenvalue weighted by atomic mass is 9.98. The first kappa shape index (κ1) is 12.6. The van der Waals surface area contributed by atoms with E-state index in [0.29, 0.717) is 12.5 Å². The zero-order valence-electron chi connectivity index (χ0n) is 11.1. The van der Waals surface area contributed by atoms with Crippen molar-refractivity contribution in [3.8, 4) is 0 Å². The molecule has 2 saturated heterocycles. The number of carbonyl (C=O) groups excluding carboxylic acids is 1. The Kier molecular flexibility index (Phi) is 3.30. The molecule has 2 heterocycles. The van der Waals surface area contributed by atoms with Crippen LogP contribution in [-0.4, -0.2) is 29.2 Å². The SMILES string of the molecule is C=CCCC1C[C@@]2(C)OC[C@H](C(C)C)N2C1=O. The summed E-state index contributed by atoms with van der Waals surface area (Å²) in [5.74, 6) is 0.865. The fourth-order valence-electron chi connectivity index (χ4n) is 3.09. The standard InChI is InChI=1S/C14H23NO2/c1-5-6-7-11-8-14(4)15(13(11)16)12(9-17-14)10(2)3/h5,10-12H,1,6-9H2,2-4H3/t11?,12-,14-/m1/s1. The lowest BCUT2D eigenvalue weighted by Crippen LogP contribution is -2.45. The van der Waals surface area contributed by atoms with Gasteiger partial charge in [-0.3, -0.25) is 4.79 Å². The molecule has 17 heavy (non-hydrogen) atoms. The molecule has 96 valence electrons. The normalized spacial score (nSPS) is 36.7. The van der Waals surface area contributed by atoms with Crippen LogP contribution in [0.5, 0.6) is 0 Å². The van der Waals surface area contributed by atoms with Crippen molar-refractivity contribution in [1.29, 1.82) is 0 Å². The zero-order valence-corrected chi connectivity index (χ0v) is 11.1. The molecule has 0 aromatic carbocycles. The molecule has 0 bridgehead atoms. The summed E-state index contributed by atoms with van der Waals surface area (Å²) in [5, 5.41) is 0. The Balaban J connectivity index is 2.14. The molecule has 0 spiro atoms. The first-order chi connectivity index (χ1) is 7.99. The number of amides is 1. The van der Waals surface area contributed by atoms with Gasteiger partial charge in [0.25, 0.3) is 0 Å². The molecule has 0 aromatic heterocycles. The van der Waals surface area contributed by atoms with Crippen molar-refractivity contribution in [3.05, 3.63) is 12.7 Å². The van der Waals surface area contributed by atoms with E-state index in [4.69, 9.17) is 4.74 Å². The van der Waals surface area contributed by atoms with Crippen molar-refractivity contribution < 1.29 is 9.53 Å². The summed E-state index contributed by atoms with van der Waals surface area (Å²) in [4.78, 5) is 14.4. The van der Waals surface area contributed by atoms with Gasteiger partial charge in [0, 0.05) is 12.3 Å². The number of carbonyl (C=O) groups is 1. The average molecular weight is 237 g/mol. The molecule has 0 aromatic rings. The van der Waals surface area contributed by atoms with Crippen LogP contribution in [0.25, 0.3) is 0 Å². The number of ether oxygens (including phenoxy) is 1. The Hall–Kier alpha value is -0.830. The second kappa shape index (κ2) is 4.45. The molecule has 3 atom stereocenters. The van der Waals surface area contributed by atoms with Gasteiger partial charge in [-0.1, -0.05) is 19.9 Å². The lowest BCUT2D eigenvalue weighted by molar-refractivity contribution is -0.139. The fraction of sp³-hybridized carbons (Fsp3) is 0.786. The second-order valence-electron chi connectivity index (χ2n) is 5.77. The number of hydrogen-bond donors (Lipinski definition) is 0. The third-order valence-electron chi connectivity index (χ3n) is 4.11. The number of allylic oxidation sites excluding steroid dienone is 1. The molecular weight excluding hydrogens is 214 g/mol. The summed E-state index contributed by atoms with van der Waals surface area (Å²) in [7, 11) is 0. The molecule has 0 N–H and O–H groups in total. The van der Waals surface area contributed by atoms with Crippen molar-refractivity contribution in [2.24, 2.45) is 11.8 Å². The van der Waals surface area contributed by atoms with Gasteiger partial charge in [0.15, 0.2) is 0 Å². The molecular formula is C14H23NO2. The van der Waals surface area contributed by atoms with E-state index in [1.54, 1.807) is 0 Å². The highest BCUT2D eigenvalue weighted by Crippen LogP contribution is 2.44. The molecule has 0 radical (unpaired) electrons. The largest absolute Gasteiger partial charge is 0.354 e. The van der Waals surface area contributed by atoms with Crippen molar-refractivity contribution in [1.82, 2.24) is 4.90 Å². The Morgan fingerprint density at radius 1 is 1.65 bits per heavy atom. The minimum atomic E-state index is -0.349. The smallest absolute Gasteiger partial charge is 0.228 e. The zero-order chi connectivity index (χ0) is 12.6. The molecule has 2 aliphatic rings. The van der Waals surface area contributed by atoms with Crippen LogP contribution in [0.4, 0.5) is 0 Å². The van der Waals surface area contributed by atoms with Gasteiger partial charge in [-0.2, -0.15) is 0 Å². The monoisotopic (exact) mass is 237 g/mol. The highest BCUT2D eigenvalue weighted by molar-refractivity contribution is 5.82. The van der Waals surface area contributed by atoms with Crippen molar-refractivity contribution >= 4 is 5.91 Å². The summed E-state index contributed by atoms with van der Waals surface area (Å²) >= 11 is 0. The quantitative estimate of drug-likeness (QED) is 0.703. The average Bonchev–Trinajstić information content (AvgIpc) is 2.71. The van der Waals surface area contributed by atoms with Gasteiger partial charge in [-0.05, 0) is 25.7 Å². The van der Waals surface area contributed by atoms with E-state index in [2.05, 4.69) is 27.4 Å². The van der Waals surface area contributed by atoms with Crippen LogP contribution in [0.1, 0.15) is 40.0 Å². The maximum atomic E-state index is 12.4. The van der Waals surface area contributed by atoms with Crippen molar-refractivity contribution in [2.45, 2.75) is 51.8 Å². The number of hydrogen-bond acceptors (Lipinski definition) is 2. The van der Waals surface area contributed by atoms with Gasteiger partial charge in [0.05, 0.1) is 12.6 Å². The van der Waals surface area contributed by atoms with E-state index >= 15 is 0 Å². The summed E-state index contributed by atoms with van der Waals surface area (Å²) in [6, 6.07) is 0.251. The van der Waals surface area contributed by atoms with E-state index in [1.165, 1.54) is 0 Å². The molecule has 2 aliphatic heterocycles. The van der Waals surface area contributed by atoms with E-state index in [0.717, 1.165) is 19.3 Å². The predicted octanol–water partition coefficient (Wildman–Crippen LogP) is 2.57. The lowest BCUT2D eigenvalue weighted by Gasteiger charge is -2.31. The Morgan fingerprint density at radius 2 is 2.35 bits per heavy atom. The third kappa shape index (κ3) is 2.01. The molecule has 3 nitrogen and oxygen atoms in total. The first-order valence-electron chi connectivity index (χ1n) is 6.57. The van der Waals surface area contributed by atoms with E-state index in [1.807, 2.05) is 11.0 Å². The van der Waals surface area contributed by atoms with Crippen LogP contribution in [0.3, 0.4) is 0 Å². The Labute approximate surface area is 104 Å². The molecule has 0 aliphatic carbocycles. The third-order valence-corrected chi connectivity index (χ3v) is 4.11. The van der Waals surface area contributed by atoms with Crippen molar-refractivity contribution in [2.75, 3.05) is 6.61 Å². The maximum absolute atomic E-state index is 12.4. The number of nitrogens with zero attached hydrogens (tertiary/aromatic N) is 1. The maximum Gasteiger partial charge on any atom is 0.228 e. The van der Waals surface area contributed by atoms with E-state index < -0.39 is 0 Å². The molecule has 2 rings (SSSR count). The first-order valence-corrected chi connectivity index (χ1v) is 6.57. The minimum absolute atomic E-state index is 0.125. The number of rotatable bonds is 4. The van der Waals surface area contributed by atoms with Gasteiger partial charge in [-0.15, -0.1) is 6.58 Å². The second-order valence-corrected chi connectivity index (χ2v) is 5.77. The summed E-state index contributed by atoms with van der Waals surface area (Å²) in [6.45, 7) is 10.8. The molecule has 1 amide bonds. The highest BCUT2D eigenvalue weighted by atomic mass is 16.5. The fourth-order valence-corrected chi connectivity index (χ4v) is 3.09. The Bertz CT molecular complexity index is 326. The van der Waals surface area contributed by atoms with E-state index in [-0.39, 0.29) is 23.6 Å². The van der Waals surface area contributed by atoms with Gasteiger partial charge in [0.2, 0.25) is 5.91 Å². The highest BCUT2D eigenvalue weighted by Gasteiger charge is 2.55. The summed E-state index contributed by atoms with van der Waals surface area (Å²) < 4.78 is 5.90. The summed E-state index contributed by atoms with van der Waals surface area (Å²) in [5.41, 5.74) is -0.349.